The van der Waals surface area contributed by atoms with Crippen molar-refractivity contribution in [2.45, 2.75) is 0 Å². The van der Waals surface area contributed by atoms with E-state index in [0.717, 1.165) is 5.69 Å². The Kier molecular flexibility index (Phi) is 3.40. The molecular formula is C16H10INO2. The first-order valence-corrected chi connectivity index (χ1v) is 7.16. The van der Waals surface area contributed by atoms with E-state index in [0.29, 0.717) is 20.4 Å². The second-order valence-electron chi connectivity index (χ2n) is 4.38. The van der Waals surface area contributed by atoms with Crippen LogP contribution in [0.3, 0.4) is 0 Å². The molecular weight excluding hydrogens is 365 g/mol. The van der Waals surface area contributed by atoms with Crippen molar-refractivity contribution >= 4 is 39.8 Å². The summed E-state index contributed by atoms with van der Waals surface area (Å²) in [5, 5.41) is 3.05. The Labute approximate surface area is 129 Å². The van der Waals surface area contributed by atoms with Crippen molar-refractivity contribution in [2.24, 2.45) is 0 Å². The molecule has 0 bridgehead atoms. The van der Waals surface area contributed by atoms with Gasteiger partial charge in [0.15, 0.2) is 0 Å². The maximum atomic E-state index is 12.5. The van der Waals surface area contributed by atoms with Gasteiger partial charge >= 0.3 is 0 Å². The maximum absolute atomic E-state index is 12.5. The summed E-state index contributed by atoms with van der Waals surface area (Å²) < 4.78 is 0.426. The summed E-state index contributed by atoms with van der Waals surface area (Å²) in [5.74, 6) is -0.257. The fourth-order valence-corrected chi connectivity index (χ4v) is 2.79. The number of hydrogen-bond acceptors (Lipinski definition) is 3. The van der Waals surface area contributed by atoms with E-state index in [1.54, 1.807) is 24.3 Å². The number of para-hydroxylation sites is 1. The number of anilines is 1. The fourth-order valence-electron chi connectivity index (χ4n) is 2.12. The van der Waals surface area contributed by atoms with Crippen LogP contribution in [0, 0.1) is 0 Å². The molecule has 0 amide bonds. The second kappa shape index (κ2) is 5.20. The zero-order chi connectivity index (χ0) is 14.1. The Morgan fingerprint density at radius 2 is 1.30 bits per heavy atom. The third-order valence-corrected chi connectivity index (χ3v) is 4.13. The first-order chi connectivity index (χ1) is 9.68. The molecule has 0 saturated heterocycles. The molecule has 3 nitrogen and oxygen atoms in total. The molecule has 20 heavy (non-hydrogen) atoms. The van der Waals surface area contributed by atoms with E-state index in [4.69, 9.17) is 0 Å². The first kappa shape index (κ1) is 13.1. The van der Waals surface area contributed by atoms with Gasteiger partial charge in [-0.25, -0.2) is 0 Å². The predicted molar refractivity (Wildman–Crippen MR) is 86.2 cm³/mol. The van der Waals surface area contributed by atoms with Crippen molar-refractivity contribution in [1.82, 2.24) is 0 Å². The third kappa shape index (κ3) is 2.16. The van der Waals surface area contributed by atoms with Crippen molar-refractivity contribution in [3.63, 3.8) is 0 Å². The molecule has 1 N–H and O–H groups in total. The van der Waals surface area contributed by atoms with Gasteiger partial charge in [-0.3, -0.25) is 9.59 Å². The van der Waals surface area contributed by atoms with Gasteiger partial charge in [-0.05, 0) is 34.7 Å². The number of benzene rings is 2. The van der Waals surface area contributed by atoms with Crippen LogP contribution < -0.4 is 5.32 Å². The van der Waals surface area contributed by atoms with Gasteiger partial charge in [-0.1, -0.05) is 42.5 Å². The summed E-state index contributed by atoms with van der Waals surface area (Å²) in [6, 6.07) is 16.3. The molecule has 98 valence electrons. The van der Waals surface area contributed by atoms with Crippen LogP contribution in [0.2, 0.25) is 0 Å². The van der Waals surface area contributed by atoms with Gasteiger partial charge in [0, 0.05) is 16.8 Å². The van der Waals surface area contributed by atoms with E-state index in [-0.39, 0.29) is 11.6 Å². The molecule has 2 aromatic carbocycles. The van der Waals surface area contributed by atoms with Gasteiger partial charge in [-0.2, -0.15) is 0 Å². The minimum absolute atomic E-state index is 0.112. The Bertz CT molecular complexity index is 735. The Morgan fingerprint density at radius 3 is 1.95 bits per heavy atom. The monoisotopic (exact) mass is 375 g/mol. The summed E-state index contributed by atoms with van der Waals surface area (Å²) in [6.07, 6.45) is 0. The highest BCUT2D eigenvalue weighted by Crippen LogP contribution is 2.30. The molecule has 3 rings (SSSR count). The quantitative estimate of drug-likeness (QED) is 0.812. The SMILES string of the molecule is O=C1C(I)=C(Nc2ccccc2)C(=O)c2ccccc21. The zero-order valence-corrected chi connectivity index (χ0v) is 12.5. The topological polar surface area (TPSA) is 46.2 Å². The lowest BCUT2D eigenvalue weighted by Gasteiger charge is -2.19. The normalized spacial score (nSPS) is 14.2. The highest BCUT2D eigenvalue weighted by Gasteiger charge is 2.30. The first-order valence-electron chi connectivity index (χ1n) is 6.09. The molecule has 0 aliphatic heterocycles. The number of carbonyl (C=O) groups is 2. The molecule has 0 unspecified atom stereocenters. The fraction of sp³-hybridized carbons (Fsp3) is 0. The number of nitrogens with one attached hydrogen (secondary N) is 1. The molecule has 0 saturated carbocycles. The van der Waals surface area contributed by atoms with Crippen LogP contribution in [0.4, 0.5) is 5.69 Å². The van der Waals surface area contributed by atoms with Crippen LogP contribution in [0.15, 0.2) is 63.9 Å². The molecule has 0 atom stereocenters. The highest BCUT2D eigenvalue weighted by molar-refractivity contribution is 14.1. The number of fused-ring (bicyclic) bond motifs is 1. The number of rotatable bonds is 2. The largest absolute Gasteiger partial charge is 0.351 e. The van der Waals surface area contributed by atoms with Gasteiger partial charge in [-0.15, -0.1) is 0 Å². The Balaban J connectivity index is 2.06. The van der Waals surface area contributed by atoms with Gasteiger partial charge in [0.05, 0.1) is 3.58 Å². The number of halogens is 1. The molecule has 0 spiro atoms. The van der Waals surface area contributed by atoms with Crippen LogP contribution in [-0.2, 0) is 0 Å². The maximum Gasteiger partial charge on any atom is 0.211 e. The molecule has 0 fully saturated rings. The molecule has 1 aliphatic carbocycles. The van der Waals surface area contributed by atoms with Gasteiger partial charge in [0.2, 0.25) is 11.6 Å². The van der Waals surface area contributed by atoms with Crippen molar-refractivity contribution in [2.75, 3.05) is 5.32 Å². The number of Topliss-reactive ketones (excluding diaryl/α,β-unsaturated/α-hetero) is 2. The van der Waals surface area contributed by atoms with Gasteiger partial charge < -0.3 is 5.32 Å². The summed E-state index contributed by atoms with van der Waals surface area (Å²) in [5.41, 5.74) is 2.06. The van der Waals surface area contributed by atoms with Gasteiger partial charge in [0.25, 0.3) is 0 Å². The highest BCUT2D eigenvalue weighted by atomic mass is 127. The smallest absolute Gasteiger partial charge is 0.211 e. The summed E-state index contributed by atoms with van der Waals surface area (Å²) in [7, 11) is 0. The van der Waals surface area contributed by atoms with Crippen LogP contribution in [0.1, 0.15) is 20.7 Å². The summed E-state index contributed by atoms with van der Waals surface area (Å²) in [6.45, 7) is 0. The number of ketones is 2. The molecule has 2 aromatic rings. The van der Waals surface area contributed by atoms with Crippen molar-refractivity contribution in [3.05, 3.63) is 75.0 Å². The average molecular weight is 375 g/mol. The van der Waals surface area contributed by atoms with Crippen molar-refractivity contribution in [3.8, 4) is 0 Å². The second-order valence-corrected chi connectivity index (χ2v) is 5.46. The average Bonchev–Trinajstić information content (AvgIpc) is 2.50. The minimum Gasteiger partial charge on any atom is -0.351 e. The van der Waals surface area contributed by atoms with E-state index in [9.17, 15) is 9.59 Å². The Hall–Kier alpha value is -1.95. The predicted octanol–water partition coefficient (Wildman–Crippen LogP) is 3.82. The molecule has 0 aromatic heterocycles. The van der Waals surface area contributed by atoms with Gasteiger partial charge in [0.1, 0.15) is 5.70 Å². The minimum atomic E-state index is -0.145. The number of carbonyl (C=O) groups excluding carboxylic acids is 2. The lowest BCUT2D eigenvalue weighted by atomic mass is 9.92. The number of hydrogen-bond donors (Lipinski definition) is 1. The number of allylic oxidation sites excluding steroid dienone is 2. The van der Waals surface area contributed by atoms with E-state index in [1.807, 2.05) is 52.9 Å². The molecule has 1 aliphatic rings. The molecule has 0 radical (unpaired) electrons. The van der Waals surface area contributed by atoms with E-state index < -0.39 is 0 Å². The van der Waals surface area contributed by atoms with E-state index in [2.05, 4.69) is 5.32 Å². The molecule has 0 heterocycles. The lowest BCUT2D eigenvalue weighted by Crippen LogP contribution is -2.23. The molecule has 4 heteroatoms. The zero-order valence-electron chi connectivity index (χ0n) is 10.4. The van der Waals surface area contributed by atoms with E-state index >= 15 is 0 Å². The van der Waals surface area contributed by atoms with E-state index in [1.165, 1.54) is 0 Å². The van der Waals surface area contributed by atoms with Crippen LogP contribution in [-0.4, -0.2) is 11.6 Å². The van der Waals surface area contributed by atoms with Crippen molar-refractivity contribution in [1.29, 1.82) is 0 Å². The Morgan fingerprint density at radius 1 is 0.750 bits per heavy atom. The summed E-state index contributed by atoms with van der Waals surface area (Å²) in [4.78, 5) is 24.8. The summed E-state index contributed by atoms with van der Waals surface area (Å²) >= 11 is 1.93. The standard InChI is InChI=1S/C16H10INO2/c17-13-14(18-10-6-2-1-3-7-10)16(20)12-9-5-4-8-11(12)15(13)19/h1-9,18H. The van der Waals surface area contributed by atoms with Crippen LogP contribution in [0.5, 0.6) is 0 Å². The van der Waals surface area contributed by atoms with Crippen LogP contribution in [0.25, 0.3) is 0 Å². The van der Waals surface area contributed by atoms with Crippen molar-refractivity contribution < 1.29 is 9.59 Å². The lowest BCUT2D eigenvalue weighted by molar-refractivity contribution is 0.0984. The third-order valence-electron chi connectivity index (χ3n) is 3.11. The van der Waals surface area contributed by atoms with Crippen LogP contribution >= 0.6 is 22.6 Å².